The van der Waals surface area contributed by atoms with Gasteiger partial charge < -0.3 is 14.7 Å². The molecule has 3 heterocycles. The lowest BCUT2D eigenvalue weighted by Crippen LogP contribution is -2.58. The number of morpholine rings is 1. The van der Waals surface area contributed by atoms with Crippen LogP contribution in [-0.2, 0) is 19.6 Å². The zero-order valence-electron chi connectivity index (χ0n) is 16.1. The predicted octanol–water partition coefficient (Wildman–Crippen LogP) is 1.27. The highest BCUT2D eigenvalue weighted by Crippen LogP contribution is 2.32. The number of halogens is 4. The number of hydrogen-bond acceptors (Lipinski definition) is 7. The number of nitrogens with zero attached hydrogens (tertiary/aromatic N) is 4. The Labute approximate surface area is 170 Å². The fraction of sp³-hybridized carbons (Fsp3) is 0.688. The number of carbonyl (C=O) groups is 1. The maximum atomic E-state index is 13.0. The second kappa shape index (κ2) is 9.39. The number of rotatable bonds is 3. The van der Waals surface area contributed by atoms with E-state index < -0.39 is 28.0 Å². The van der Waals surface area contributed by atoms with Gasteiger partial charge in [-0.15, -0.1) is 0 Å². The van der Waals surface area contributed by atoms with Gasteiger partial charge in [0.05, 0.1) is 36.9 Å². The summed E-state index contributed by atoms with van der Waals surface area (Å²) in [4.78, 5) is 18.9. The number of carboxylic acids is 1. The Hall–Kier alpha value is -2.06. The zero-order chi connectivity index (χ0) is 22.6. The van der Waals surface area contributed by atoms with Crippen LogP contribution in [0, 0.1) is 5.82 Å². The average Bonchev–Trinajstić information content (AvgIpc) is 2.69. The highest BCUT2D eigenvalue weighted by Gasteiger charge is 2.42. The lowest BCUT2D eigenvalue weighted by Gasteiger charge is -2.46. The number of sulfonamides is 1. The first-order valence-electron chi connectivity index (χ1n) is 9.03. The highest BCUT2D eigenvalue weighted by atomic mass is 32.2. The molecule has 0 atom stereocenters. The molecule has 0 saturated carbocycles. The van der Waals surface area contributed by atoms with E-state index in [1.165, 1.54) is 4.31 Å². The molecule has 2 aliphatic rings. The van der Waals surface area contributed by atoms with Crippen molar-refractivity contribution in [3.63, 3.8) is 0 Å². The molecule has 2 aliphatic heterocycles. The van der Waals surface area contributed by atoms with Gasteiger partial charge >= 0.3 is 12.1 Å². The van der Waals surface area contributed by atoms with Crippen molar-refractivity contribution in [3.8, 4) is 0 Å². The van der Waals surface area contributed by atoms with Crippen LogP contribution in [0.15, 0.2) is 12.4 Å². The van der Waals surface area contributed by atoms with E-state index in [2.05, 4.69) is 9.97 Å². The number of carboxylic acid groups (broad SMARTS) is 1. The van der Waals surface area contributed by atoms with Crippen molar-refractivity contribution < 1.29 is 40.6 Å². The van der Waals surface area contributed by atoms with Gasteiger partial charge in [0.1, 0.15) is 0 Å². The molecule has 1 aromatic rings. The first kappa shape index (κ1) is 24.2. The van der Waals surface area contributed by atoms with Crippen LogP contribution in [0.2, 0.25) is 0 Å². The number of aliphatic carboxylic acids is 1. The Bertz CT molecular complexity index is 827. The smallest absolute Gasteiger partial charge is 0.475 e. The maximum Gasteiger partial charge on any atom is 0.490 e. The van der Waals surface area contributed by atoms with Gasteiger partial charge in [-0.2, -0.15) is 13.2 Å². The molecule has 2 saturated heterocycles. The van der Waals surface area contributed by atoms with Gasteiger partial charge in [0, 0.05) is 19.6 Å². The first-order valence-corrected chi connectivity index (χ1v) is 10.6. The fourth-order valence-electron chi connectivity index (χ4n) is 3.14. The molecule has 0 unspecified atom stereocenters. The van der Waals surface area contributed by atoms with Gasteiger partial charge in [-0.25, -0.2) is 31.9 Å². The molecule has 0 aliphatic carbocycles. The molecule has 0 radical (unpaired) electrons. The standard InChI is InChI=1S/C14H21FN4O3S.C2HF3O2/c1-2-23(20,21)19-5-3-14(4-6-19)11-18(7-8-22-14)13-16-9-12(15)10-17-13;3-2(4,5)1(6)7/h9-10H,2-8,11H2,1H3;(H,6,7). The topological polar surface area (TPSA) is 113 Å². The molecule has 170 valence electrons. The van der Waals surface area contributed by atoms with Crippen molar-refractivity contribution in [1.82, 2.24) is 14.3 Å². The van der Waals surface area contributed by atoms with Crippen LogP contribution >= 0.6 is 0 Å². The van der Waals surface area contributed by atoms with E-state index >= 15 is 0 Å². The summed E-state index contributed by atoms with van der Waals surface area (Å²) in [6.45, 7) is 4.36. The van der Waals surface area contributed by atoms with Crippen LogP contribution in [0.1, 0.15) is 19.8 Å². The lowest BCUT2D eigenvalue weighted by atomic mass is 9.90. The van der Waals surface area contributed by atoms with Crippen molar-refractivity contribution in [1.29, 1.82) is 0 Å². The number of ether oxygens (including phenoxy) is 1. The fourth-order valence-corrected chi connectivity index (χ4v) is 4.25. The molecule has 3 rings (SSSR count). The molecule has 0 amide bonds. The number of piperidine rings is 1. The predicted molar refractivity (Wildman–Crippen MR) is 96.8 cm³/mol. The minimum absolute atomic E-state index is 0.121. The van der Waals surface area contributed by atoms with Gasteiger partial charge in [-0.1, -0.05) is 0 Å². The van der Waals surface area contributed by atoms with E-state index in [0.717, 1.165) is 12.4 Å². The Balaban J connectivity index is 0.000000396. The Morgan fingerprint density at radius 2 is 1.77 bits per heavy atom. The van der Waals surface area contributed by atoms with Crippen LogP contribution in [0.25, 0.3) is 0 Å². The van der Waals surface area contributed by atoms with E-state index in [1.54, 1.807) is 6.92 Å². The van der Waals surface area contributed by atoms with Crippen molar-refractivity contribution in [3.05, 3.63) is 18.2 Å². The number of alkyl halides is 3. The van der Waals surface area contributed by atoms with Crippen molar-refractivity contribution in [2.24, 2.45) is 0 Å². The van der Waals surface area contributed by atoms with Gasteiger partial charge in [-0.3, -0.25) is 0 Å². The number of hydrogen-bond donors (Lipinski definition) is 1. The molecule has 0 bridgehead atoms. The third-order valence-corrected chi connectivity index (χ3v) is 6.65. The van der Waals surface area contributed by atoms with E-state index in [-0.39, 0.29) is 11.4 Å². The van der Waals surface area contributed by atoms with E-state index in [9.17, 15) is 26.0 Å². The van der Waals surface area contributed by atoms with Crippen LogP contribution in [0.5, 0.6) is 0 Å². The van der Waals surface area contributed by atoms with Crippen LogP contribution in [-0.4, -0.2) is 84.1 Å². The minimum atomic E-state index is -5.08. The Morgan fingerprint density at radius 3 is 2.23 bits per heavy atom. The van der Waals surface area contributed by atoms with Gasteiger partial charge in [-0.05, 0) is 19.8 Å². The maximum absolute atomic E-state index is 13.0. The highest BCUT2D eigenvalue weighted by molar-refractivity contribution is 7.89. The molecule has 14 heteroatoms. The van der Waals surface area contributed by atoms with Crippen molar-refractivity contribution in [2.45, 2.75) is 31.5 Å². The molecular formula is C16H22F4N4O5S. The normalized spacial score (nSPS) is 19.8. The summed E-state index contributed by atoms with van der Waals surface area (Å²) in [7, 11) is -3.15. The monoisotopic (exact) mass is 458 g/mol. The summed E-state index contributed by atoms with van der Waals surface area (Å²) < 4.78 is 76.1. The van der Waals surface area contributed by atoms with Crippen molar-refractivity contribution >= 4 is 21.9 Å². The first-order chi connectivity index (χ1) is 13.9. The number of anilines is 1. The van der Waals surface area contributed by atoms with E-state index in [0.29, 0.717) is 51.6 Å². The average molecular weight is 458 g/mol. The molecule has 0 aromatic carbocycles. The molecule has 9 nitrogen and oxygen atoms in total. The van der Waals surface area contributed by atoms with E-state index in [4.69, 9.17) is 14.6 Å². The third-order valence-electron chi connectivity index (χ3n) is 4.77. The summed E-state index contributed by atoms with van der Waals surface area (Å²) in [5, 5.41) is 7.12. The summed E-state index contributed by atoms with van der Waals surface area (Å²) in [6.07, 6.45) is -1.49. The van der Waals surface area contributed by atoms with Gasteiger partial charge in [0.25, 0.3) is 0 Å². The molecular weight excluding hydrogens is 436 g/mol. The van der Waals surface area contributed by atoms with Crippen LogP contribution in [0.4, 0.5) is 23.5 Å². The quantitative estimate of drug-likeness (QED) is 0.674. The molecule has 30 heavy (non-hydrogen) atoms. The van der Waals surface area contributed by atoms with Crippen molar-refractivity contribution in [2.75, 3.05) is 43.4 Å². The molecule has 2 fully saturated rings. The second-order valence-electron chi connectivity index (χ2n) is 6.76. The largest absolute Gasteiger partial charge is 0.490 e. The summed E-state index contributed by atoms with van der Waals surface area (Å²) in [6, 6.07) is 0. The summed E-state index contributed by atoms with van der Waals surface area (Å²) >= 11 is 0. The lowest BCUT2D eigenvalue weighted by molar-refractivity contribution is -0.192. The molecule has 1 spiro atoms. The third kappa shape index (κ3) is 6.22. The van der Waals surface area contributed by atoms with Crippen LogP contribution in [0.3, 0.4) is 0 Å². The van der Waals surface area contributed by atoms with Gasteiger partial charge in [0.2, 0.25) is 16.0 Å². The number of aromatic nitrogens is 2. The summed E-state index contributed by atoms with van der Waals surface area (Å²) in [5.41, 5.74) is -0.379. The van der Waals surface area contributed by atoms with E-state index in [1.807, 2.05) is 4.90 Å². The molecule has 1 aromatic heterocycles. The SMILES string of the molecule is CCS(=O)(=O)N1CCC2(CC1)CN(c1ncc(F)cn1)CCO2.O=C(O)C(F)(F)F. The van der Waals surface area contributed by atoms with Crippen LogP contribution < -0.4 is 4.90 Å². The Kier molecular flexibility index (Phi) is 7.58. The minimum Gasteiger partial charge on any atom is -0.475 e. The molecule has 1 N–H and O–H groups in total. The summed E-state index contributed by atoms with van der Waals surface area (Å²) in [5.74, 6) is -2.61. The second-order valence-corrected chi connectivity index (χ2v) is 9.01. The Morgan fingerprint density at radius 1 is 1.23 bits per heavy atom. The zero-order valence-corrected chi connectivity index (χ0v) is 16.9. The van der Waals surface area contributed by atoms with Gasteiger partial charge in [0.15, 0.2) is 5.82 Å².